The number of rotatable bonds is 6. The largest absolute Gasteiger partial charge is 0.340 e. The first-order valence-electron chi connectivity index (χ1n) is 10.9. The predicted octanol–water partition coefficient (Wildman–Crippen LogP) is 4.74. The van der Waals surface area contributed by atoms with Crippen LogP contribution in [0.1, 0.15) is 54.0 Å². The first-order valence-corrected chi connectivity index (χ1v) is 10.9. The van der Waals surface area contributed by atoms with Crippen LogP contribution in [0.4, 0.5) is 11.5 Å². The van der Waals surface area contributed by atoms with Gasteiger partial charge in [0.1, 0.15) is 5.82 Å². The lowest BCUT2D eigenvalue weighted by Crippen LogP contribution is -2.32. The third-order valence-corrected chi connectivity index (χ3v) is 5.91. The van der Waals surface area contributed by atoms with E-state index >= 15 is 0 Å². The van der Waals surface area contributed by atoms with Gasteiger partial charge in [-0.05, 0) is 77.9 Å². The fourth-order valence-corrected chi connectivity index (χ4v) is 4.24. The zero-order valence-electron chi connectivity index (χ0n) is 18.5. The zero-order chi connectivity index (χ0) is 21.1. The third kappa shape index (κ3) is 4.87. The summed E-state index contributed by atoms with van der Waals surface area (Å²) in [6.07, 6.45) is 4.47. The Hall–Kier alpha value is -2.73. The van der Waals surface area contributed by atoms with Gasteiger partial charge in [-0.1, -0.05) is 6.07 Å². The highest BCUT2D eigenvalue weighted by Gasteiger charge is 2.23. The summed E-state index contributed by atoms with van der Waals surface area (Å²) in [5.74, 6) is 1.39. The van der Waals surface area contributed by atoms with Crippen molar-refractivity contribution in [2.45, 2.75) is 59.5 Å². The lowest BCUT2D eigenvalue weighted by molar-refractivity contribution is 0.203. The summed E-state index contributed by atoms with van der Waals surface area (Å²) in [7, 11) is 0. The number of anilines is 2. The minimum atomic E-state index is 0.506. The molecule has 6 nitrogen and oxygen atoms in total. The molecule has 0 unspecified atom stereocenters. The summed E-state index contributed by atoms with van der Waals surface area (Å²) in [4.78, 5) is 12.0. The molecule has 30 heavy (non-hydrogen) atoms. The molecule has 1 fully saturated rings. The molecule has 0 aromatic carbocycles. The highest BCUT2D eigenvalue weighted by Crippen LogP contribution is 2.30. The predicted molar refractivity (Wildman–Crippen MR) is 121 cm³/mol. The van der Waals surface area contributed by atoms with Crippen LogP contribution in [-0.2, 0) is 13.1 Å². The van der Waals surface area contributed by atoms with E-state index in [2.05, 4.69) is 59.4 Å². The van der Waals surface area contributed by atoms with Crippen LogP contribution < -0.4 is 5.32 Å². The van der Waals surface area contributed by atoms with Gasteiger partial charge in [-0.3, -0.25) is 14.6 Å². The van der Waals surface area contributed by atoms with Crippen molar-refractivity contribution in [2.24, 2.45) is 0 Å². The van der Waals surface area contributed by atoms with E-state index in [0.717, 1.165) is 67.6 Å². The molecule has 0 atom stereocenters. The van der Waals surface area contributed by atoms with Crippen molar-refractivity contribution in [3.8, 4) is 0 Å². The fraction of sp³-hybridized carbons (Fsp3) is 0.458. The smallest absolute Gasteiger partial charge is 0.130 e. The van der Waals surface area contributed by atoms with Crippen molar-refractivity contribution in [3.05, 3.63) is 64.9 Å². The Morgan fingerprint density at radius 1 is 1.03 bits per heavy atom. The van der Waals surface area contributed by atoms with E-state index in [-0.39, 0.29) is 0 Å². The molecule has 0 spiro atoms. The number of hydrogen-bond acceptors (Lipinski definition) is 5. The van der Waals surface area contributed by atoms with Crippen LogP contribution in [0.2, 0.25) is 0 Å². The van der Waals surface area contributed by atoms with Gasteiger partial charge in [0.05, 0.1) is 5.69 Å². The number of piperidine rings is 1. The quantitative estimate of drug-likeness (QED) is 0.643. The average molecular weight is 405 g/mol. The van der Waals surface area contributed by atoms with E-state index in [9.17, 15) is 0 Å². The maximum Gasteiger partial charge on any atom is 0.130 e. The van der Waals surface area contributed by atoms with Gasteiger partial charge in [0.15, 0.2) is 0 Å². The molecular weight excluding hydrogens is 372 g/mol. The number of hydrogen-bond donors (Lipinski definition) is 1. The molecule has 1 N–H and O–H groups in total. The minimum absolute atomic E-state index is 0.506. The Morgan fingerprint density at radius 3 is 2.53 bits per heavy atom. The van der Waals surface area contributed by atoms with Gasteiger partial charge >= 0.3 is 0 Å². The third-order valence-electron chi connectivity index (χ3n) is 5.91. The highest BCUT2D eigenvalue weighted by molar-refractivity contribution is 5.57. The molecule has 1 aliphatic rings. The number of nitrogens with zero attached hydrogens (tertiary/aromatic N) is 5. The van der Waals surface area contributed by atoms with Crippen LogP contribution in [0.25, 0.3) is 0 Å². The number of nitrogens with one attached hydrogen (secondary N) is 1. The van der Waals surface area contributed by atoms with Gasteiger partial charge in [-0.15, -0.1) is 0 Å². The molecule has 1 aliphatic heterocycles. The molecule has 1 saturated heterocycles. The van der Waals surface area contributed by atoms with Gasteiger partial charge in [-0.25, -0.2) is 4.98 Å². The molecule has 0 saturated carbocycles. The Labute approximate surface area is 179 Å². The van der Waals surface area contributed by atoms with E-state index in [0.29, 0.717) is 5.92 Å². The fourth-order valence-electron chi connectivity index (χ4n) is 4.24. The molecule has 0 radical (unpaired) electrons. The molecular formula is C24H32N6. The van der Waals surface area contributed by atoms with Crippen molar-refractivity contribution < 1.29 is 0 Å². The van der Waals surface area contributed by atoms with E-state index in [1.54, 1.807) is 0 Å². The van der Waals surface area contributed by atoms with Crippen molar-refractivity contribution in [1.29, 1.82) is 0 Å². The molecule has 0 amide bonds. The number of aromatic nitrogens is 4. The lowest BCUT2D eigenvalue weighted by Gasteiger charge is -2.31. The SMILES string of the molecule is CCn1cc(CN2CCC(c3cc(Nc4cccc(C)n4)cc(C)n3)CC2)c(C)n1. The summed E-state index contributed by atoms with van der Waals surface area (Å²) in [6, 6.07) is 10.3. The van der Waals surface area contributed by atoms with E-state index in [4.69, 9.17) is 4.98 Å². The summed E-state index contributed by atoms with van der Waals surface area (Å²) in [5.41, 5.74) is 6.83. The van der Waals surface area contributed by atoms with Crippen LogP contribution >= 0.6 is 0 Å². The van der Waals surface area contributed by atoms with Crippen molar-refractivity contribution in [2.75, 3.05) is 18.4 Å². The Kier molecular flexibility index (Phi) is 6.13. The van der Waals surface area contributed by atoms with Gasteiger partial charge in [0, 0.05) is 53.5 Å². The summed E-state index contributed by atoms with van der Waals surface area (Å²) in [6.45, 7) is 12.4. The van der Waals surface area contributed by atoms with Gasteiger partial charge in [-0.2, -0.15) is 5.10 Å². The second-order valence-electron chi connectivity index (χ2n) is 8.36. The molecule has 6 heteroatoms. The van der Waals surface area contributed by atoms with Gasteiger partial charge in [0.25, 0.3) is 0 Å². The zero-order valence-corrected chi connectivity index (χ0v) is 18.5. The second kappa shape index (κ2) is 8.96. The normalized spacial score (nSPS) is 15.5. The van der Waals surface area contributed by atoms with Crippen molar-refractivity contribution >= 4 is 11.5 Å². The van der Waals surface area contributed by atoms with Crippen LogP contribution in [0, 0.1) is 20.8 Å². The lowest BCUT2D eigenvalue weighted by atomic mass is 9.92. The first-order chi connectivity index (χ1) is 14.5. The van der Waals surface area contributed by atoms with E-state index in [1.165, 1.54) is 11.3 Å². The summed E-state index contributed by atoms with van der Waals surface area (Å²) < 4.78 is 2.03. The second-order valence-corrected chi connectivity index (χ2v) is 8.36. The number of pyridine rings is 2. The van der Waals surface area contributed by atoms with Crippen molar-refractivity contribution in [1.82, 2.24) is 24.6 Å². The summed E-state index contributed by atoms with van der Waals surface area (Å²) in [5, 5.41) is 8.03. The number of likely N-dealkylation sites (tertiary alicyclic amines) is 1. The Bertz CT molecular complexity index is 1000. The molecule has 4 heterocycles. The molecule has 158 valence electrons. The van der Waals surface area contributed by atoms with E-state index < -0.39 is 0 Å². The minimum Gasteiger partial charge on any atom is -0.340 e. The van der Waals surface area contributed by atoms with Gasteiger partial charge < -0.3 is 5.32 Å². The standard InChI is InChI=1S/C24H32N6/c1-5-30-16-21(19(4)28-30)15-29-11-9-20(10-12-29)23-14-22(13-18(3)25-23)27-24-8-6-7-17(2)26-24/h6-8,13-14,16,20H,5,9-12,15H2,1-4H3,(H,25,26,27). The number of aryl methyl sites for hydroxylation is 4. The van der Waals surface area contributed by atoms with Crippen LogP contribution in [0.15, 0.2) is 36.5 Å². The topological polar surface area (TPSA) is 58.9 Å². The Morgan fingerprint density at radius 2 is 1.83 bits per heavy atom. The summed E-state index contributed by atoms with van der Waals surface area (Å²) >= 11 is 0. The Balaban J connectivity index is 1.40. The maximum atomic E-state index is 4.86. The molecule has 4 rings (SSSR count). The van der Waals surface area contributed by atoms with E-state index in [1.807, 2.05) is 29.8 Å². The highest BCUT2D eigenvalue weighted by atomic mass is 15.3. The average Bonchev–Trinajstić information content (AvgIpc) is 3.08. The van der Waals surface area contributed by atoms with Crippen LogP contribution in [-0.4, -0.2) is 37.7 Å². The van der Waals surface area contributed by atoms with Gasteiger partial charge in [0.2, 0.25) is 0 Å². The molecule has 0 aliphatic carbocycles. The monoisotopic (exact) mass is 404 g/mol. The maximum absolute atomic E-state index is 4.86. The molecule has 0 bridgehead atoms. The van der Waals surface area contributed by atoms with Crippen LogP contribution in [0.3, 0.4) is 0 Å². The molecule has 3 aromatic rings. The van der Waals surface area contributed by atoms with Crippen molar-refractivity contribution in [3.63, 3.8) is 0 Å². The van der Waals surface area contributed by atoms with Crippen LogP contribution in [0.5, 0.6) is 0 Å². The first kappa shape index (κ1) is 20.5. The molecule has 3 aromatic heterocycles.